The van der Waals surface area contributed by atoms with Gasteiger partial charge >= 0.3 is 0 Å². The molecule has 1 saturated heterocycles. The number of nitrogens with zero attached hydrogens (tertiary/aromatic N) is 6. The van der Waals surface area contributed by atoms with Crippen LogP contribution in [0.2, 0.25) is 5.02 Å². The summed E-state index contributed by atoms with van der Waals surface area (Å²) in [6.07, 6.45) is 4.89. The summed E-state index contributed by atoms with van der Waals surface area (Å²) in [6, 6.07) is 8.69. The van der Waals surface area contributed by atoms with Crippen LogP contribution in [0.25, 0.3) is 0 Å². The van der Waals surface area contributed by atoms with Crippen molar-refractivity contribution in [2.24, 2.45) is 0 Å². The van der Waals surface area contributed by atoms with E-state index in [1.54, 1.807) is 0 Å². The zero-order valence-electron chi connectivity index (χ0n) is 15.4. The maximum atomic E-state index is 6.13. The van der Waals surface area contributed by atoms with Gasteiger partial charge < -0.3 is 4.90 Å². The van der Waals surface area contributed by atoms with E-state index in [1.807, 2.05) is 12.1 Å². The molecule has 2 aromatic rings. The minimum Gasteiger partial charge on any atom is -0.301 e. The Hall–Kier alpha value is -1.50. The fourth-order valence-electron chi connectivity index (χ4n) is 4.30. The van der Waals surface area contributed by atoms with Crippen molar-refractivity contribution >= 4 is 11.6 Å². The lowest BCUT2D eigenvalue weighted by Gasteiger charge is -2.38. The van der Waals surface area contributed by atoms with Crippen LogP contribution in [0.1, 0.15) is 56.1 Å². The average Bonchev–Trinajstić information content (AvgIpc) is 3.35. The van der Waals surface area contributed by atoms with Gasteiger partial charge in [0, 0.05) is 31.2 Å². The van der Waals surface area contributed by atoms with E-state index in [0.717, 1.165) is 43.6 Å². The SMILES string of the molecule is CCN1CCN([C@@H](c2ccc(Cl)cc2)c2nnnn2C2CCCC2)CC1. The molecule has 1 aliphatic carbocycles. The normalized spacial score (nSPS) is 21.3. The first-order valence-electron chi connectivity index (χ1n) is 9.76. The Kier molecular flexibility index (Phi) is 5.52. The molecule has 2 heterocycles. The fraction of sp³-hybridized carbons (Fsp3) is 0.632. The minimum absolute atomic E-state index is 0.0851. The van der Waals surface area contributed by atoms with E-state index in [-0.39, 0.29) is 6.04 Å². The summed E-state index contributed by atoms with van der Waals surface area (Å²) < 4.78 is 2.10. The molecule has 4 rings (SSSR count). The van der Waals surface area contributed by atoms with Crippen LogP contribution < -0.4 is 0 Å². The zero-order chi connectivity index (χ0) is 17.9. The van der Waals surface area contributed by atoms with E-state index in [0.29, 0.717) is 6.04 Å². The molecule has 0 unspecified atom stereocenters. The molecule has 1 atom stereocenters. The molecule has 0 N–H and O–H groups in total. The number of halogens is 1. The largest absolute Gasteiger partial charge is 0.301 e. The first kappa shape index (κ1) is 17.9. The summed E-state index contributed by atoms with van der Waals surface area (Å²) in [5, 5.41) is 13.7. The maximum absolute atomic E-state index is 6.13. The number of likely N-dealkylation sites (N-methyl/N-ethyl adjacent to an activating group) is 1. The highest BCUT2D eigenvalue weighted by atomic mass is 35.5. The molecule has 26 heavy (non-hydrogen) atoms. The Morgan fingerprint density at radius 2 is 1.77 bits per heavy atom. The van der Waals surface area contributed by atoms with Gasteiger partial charge in [-0.15, -0.1) is 5.10 Å². The molecule has 0 bridgehead atoms. The van der Waals surface area contributed by atoms with E-state index < -0.39 is 0 Å². The lowest BCUT2D eigenvalue weighted by Crippen LogP contribution is -2.48. The van der Waals surface area contributed by atoms with Gasteiger partial charge in [-0.25, -0.2) is 4.68 Å². The van der Waals surface area contributed by atoms with Gasteiger partial charge in [-0.1, -0.05) is 43.5 Å². The molecule has 0 amide bonds. The van der Waals surface area contributed by atoms with E-state index in [1.165, 1.54) is 31.2 Å². The first-order valence-corrected chi connectivity index (χ1v) is 10.1. The zero-order valence-corrected chi connectivity index (χ0v) is 16.1. The first-order chi connectivity index (χ1) is 12.8. The van der Waals surface area contributed by atoms with Gasteiger partial charge in [0.25, 0.3) is 0 Å². The second-order valence-electron chi connectivity index (χ2n) is 7.34. The highest BCUT2D eigenvalue weighted by Crippen LogP contribution is 2.34. The molecule has 7 heteroatoms. The van der Waals surface area contributed by atoms with Gasteiger partial charge in [-0.2, -0.15) is 0 Å². The number of hydrogen-bond acceptors (Lipinski definition) is 5. The topological polar surface area (TPSA) is 50.1 Å². The van der Waals surface area contributed by atoms with Crippen LogP contribution in [0.4, 0.5) is 0 Å². The summed E-state index contributed by atoms with van der Waals surface area (Å²) >= 11 is 6.13. The molecule has 6 nitrogen and oxygen atoms in total. The molecular formula is C19H27ClN6. The van der Waals surface area contributed by atoms with Crippen LogP contribution in [-0.4, -0.2) is 62.7 Å². The van der Waals surface area contributed by atoms with Crippen molar-refractivity contribution in [3.63, 3.8) is 0 Å². The number of aromatic nitrogens is 4. The third-order valence-corrected chi connectivity index (χ3v) is 6.09. The van der Waals surface area contributed by atoms with Crippen LogP contribution in [-0.2, 0) is 0 Å². The smallest absolute Gasteiger partial charge is 0.173 e. The van der Waals surface area contributed by atoms with Crippen molar-refractivity contribution < 1.29 is 0 Å². The molecule has 1 aromatic heterocycles. The Balaban J connectivity index is 1.67. The molecule has 1 aromatic carbocycles. The highest BCUT2D eigenvalue weighted by Gasteiger charge is 2.32. The van der Waals surface area contributed by atoms with Crippen LogP contribution in [0, 0.1) is 0 Å². The second kappa shape index (κ2) is 8.03. The lowest BCUT2D eigenvalue weighted by molar-refractivity contribution is 0.107. The van der Waals surface area contributed by atoms with E-state index >= 15 is 0 Å². The Morgan fingerprint density at radius 3 is 2.42 bits per heavy atom. The molecule has 1 saturated carbocycles. The van der Waals surface area contributed by atoms with Crippen LogP contribution in [0.15, 0.2) is 24.3 Å². The third kappa shape index (κ3) is 3.63. The van der Waals surface area contributed by atoms with Gasteiger partial charge in [0.15, 0.2) is 5.82 Å². The predicted molar refractivity (Wildman–Crippen MR) is 102 cm³/mol. The summed E-state index contributed by atoms with van der Waals surface area (Å²) in [7, 11) is 0. The monoisotopic (exact) mass is 374 g/mol. The van der Waals surface area contributed by atoms with Gasteiger partial charge in [0.2, 0.25) is 0 Å². The van der Waals surface area contributed by atoms with Crippen molar-refractivity contribution in [3.05, 3.63) is 40.7 Å². The number of rotatable bonds is 5. The molecule has 140 valence electrons. The summed E-state index contributed by atoms with van der Waals surface area (Å²) in [5.41, 5.74) is 1.22. The summed E-state index contributed by atoms with van der Waals surface area (Å²) in [6.45, 7) is 7.57. The standard InChI is InChI=1S/C19H27ClN6/c1-2-24-11-13-25(14-12-24)18(15-7-9-16(20)10-8-15)19-21-22-23-26(19)17-5-3-4-6-17/h7-10,17-18H,2-6,11-14H2,1H3/t18-/m0/s1. The molecule has 2 fully saturated rings. The van der Waals surface area contributed by atoms with E-state index in [9.17, 15) is 0 Å². The van der Waals surface area contributed by atoms with Crippen LogP contribution in [0.3, 0.4) is 0 Å². The van der Waals surface area contributed by atoms with Crippen molar-refractivity contribution in [3.8, 4) is 0 Å². The second-order valence-corrected chi connectivity index (χ2v) is 7.78. The number of tetrazole rings is 1. The Bertz CT molecular complexity index is 701. The predicted octanol–water partition coefficient (Wildman–Crippen LogP) is 3.17. The van der Waals surface area contributed by atoms with Gasteiger partial charge in [0.1, 0.15) is 0 Å². The minimum atomic E-state index is 0.0851. The van der Waals surface area contributed by atoms with Gasteiger partial charge in [-0.05, 0) is 47.5 Å². The Morgan fingerprint density at radius 1 is 1.08 bits per heavy atom. The van der Waals surface area contributed by atoms with Crippen LogP contribution in [0.5, 0.6) is 0 Å². The van der Waals surface area contributed by atoms with Gasteiger partial charge in [0.05, 0.1) is 12.1 Å². The number of hydrogen-bond donors (Lipinski definition) is 0. The lowest BCUT2D eigenvalue weighted by atomic mass is 10.0. The quantitative estimate of drug-likeness (QED) is 0.804. The highest BCUT2D eigenvalue weighted by molar-refractivity contribution is 6.30. The van der Waals surface area contributed by atoms with Crippen LogP contribution >= 0.6 is 11.6 Å². The van der Waals surface area contributed by atoms with E-state index in [4.69, 9.17) is 11.6 Å². The molecule has 1 aliphatic heterocycles. The molecule has 0 spiro atoms. The fourth-order valence-corrected chi connectivity index (χ4v) is 4.42. The summed E-state index contributed by atoms with van der Waals surface area (Å²) in [4.78, 5) is 5.02. The summed E-state index contributed by atoms with van der Waals surface area (Å²) in [5.74, 6) is 0.976. The van der Waals surface area contributed by atoms with Gasteiger partial charge in [-0.3, -0.25) is 4.90 Å². The van der Waals surface area contributed by atoms with Crippen molar-refractivity contribution in [2.45, 2.75) is 44.7 Å². The van der Waals surface area contributed by atoms with Crippen molar-refractivity contribution in [1.29, 1.82) is 0 Å². The Labute approximate surface area is 160 Å². The maximum Gasteiger partial charge on any atom is 0.173 e. The van der Waals surface area contributed by atoms with E-state index in [2.05, 4.69) is 49.1 Å². The molecular weight excluding hydrogens is 348 g/mol. The third-order valence-electron chi connectivity index (χ3n) is 5.84. The number of piperazine rings is 1. The molecule has 0 radical (unpaired) electrons. The number of benzene rings is 1. The van der Waals surface area contributed by atoms with Crippen molar-refractivity contribution in [1.82, 2.24) is 30.0 Å². The average molecular weight is 375 g/mol. The van der Waals surface area contributed by atoms with Crippen molar-refractivity contribution in [2.75, 3.05) is 32.7 Å². The molecule has 2 aliphatic rings.